The molecule has 1 aliphatic heterocycles. The van der Waals surface area contributed by atoms with Crippen LogP contribution in [-0.2, 0) is 4.74 Å². The Kier molecular flexibility index (Phi) is 3.88. The number of benzene rings is 1. The molecule has 3 aromatic rings. The van der Waals surface area contributed by atoms with E-state index in [9.17, 15) is 4.79 Å². The second-order valence-corrected chi connectivity index (χ2v) is 5.82. The number of hydrogen-bond acceptors (Lipinski definition) is 3. The van der Waals surface area contributed by atoms with Gasteiger partial charge in [-0.25, -0.2) is 0 Å². The Morgan fingerprint density at radius 3 is 2.71 bits per heavy atom. The summed E-state index contributed by atoms with van der Waals surface area (Å²) < 4.78 is 9.22. The van der Waals surface area contributed by atoms with Crippen molar-refractivity contribution in [3.63, 3.8) is 0 Å². The standard InChI is InChI=1S/C18H18N4O2/c23-18(14-3-5-16(6-4-14)21-8-1-2-9-21)20-15-11-19-22(12-15)17-7-10-24-13-17/h1-6,8-9,11-12,17H,7,10,13H2,(H,20,23). The normalized spacial score (nSPS) is 17.1. The highest BCUT2D eigenvalue weighted by molar-refractivity contribution is 6.04. The predicted molar refractivity (Wildman–Crippen MR) is 90.4 cm³/mol. The maximum atomic E-state index is 12.4. The summed E-state index contributed by atoms with van der Waals surface area (Å²) in [5, 5.41) is 7.20. The van der Waals surface area contributed by atoms with Crippen LogP contribution in [0.15, 0.2) is 61.2 Å². The fraction of sp³-hybridized carbons (Fsp3) is 0.222. The Labute approximate surface area is 139 Å². The third-order valence-corrected chi connectivity index (χ3v) is 4.17. The van der Waals surface area contributed by atoms with E-state index in [2.05, 4.69) is 10.4 Å². The lowest BCUT2D eigenvalue weighted by Gasteiger charge is -2.07. The largest absolute Gasteiger partial charge is 0.379 e. The van der Waals surface area contributed by atoms with Gasteiger partial charge in [-0.1, -0.05) is 0 Å². The number of hydrogen-bond donors (Lipinski definition) is 1. The highest BCUT2D eigenvalue weighted by Gasteiger charge is 2.18. The molecular weight excluding hydrogens is 304 g/mol. The number of anilines is 1. The highest BCUT2D eigenvalue weighted by atomic mass is 16.5. The van der Waals surface area contributed by atoms with Gasteiger partial charge in [0.25, 0.3) is 5.91 Å². The van der Waals surface area contributed by atoms with Crippen molar-refractivity contribution in [1.29, 1.82) is 0 Å². The van der Waals surface area contributed by atoms with Crippen LogP contribution in [0.1, 0.15) is 22.8 Å². The van der Waals surface area contributed by atoms with Crippen LogP contribution in [0.25, 0.3) is 5.69 Å². The van der Waals surface area contributed by atoms with Gasteiger partial charge in [-0.3, -0.25) is 9.48 Å². The molecule has 1 atom stereocenters. The number of nitrogens with zero attached hydrogens (tertiary/aromatic N) is 3. The summed E-state index contributed by atoms with van der Waals surface area (Å²) in [5.41, 5.74) is 2.33. The molecule has 0 spiro atoms. The summed E-state index contributed by atoms with van der Waals surface area (Å²) in [6.07, 6.45) is 8.41. The summed E-state index contributed by atoms with van der Waals surface area (Å²) in [4.78, 5) is 12.4. The second-order valence-electron chi connectivity index (χ2n) is 5.82. The smallest absolute Gasteiger partial charge is 0.255 e. The van der Waals surface area contributed by atoms with E-state index in [0.717, 1.165) is 18.7 Å². The molecule has 1 N–H and O–H groups in total. The van der Waals surface area contributed by atoms with Crippen molar-refractivity contribution in [2.75, 3.05) is 18.5 Å². The molecule has 1 fully saturated rings. The lowest BCUT2D eigenvalue weighted by atomic mass is 10.2. The van der Waals surface area contributed by atoms with Crippen LogP contribution in [0, 0.1) is 0 Å². The molecule has 122 valence electrons. The fourth-order valence-corrected chi connectivity index (χ4v) is 2.83. The minimum Gasteiger partial charge on any atom is -0.379 e. The quantitative estimate of drug-likeness (QED) is 0.803. The van der Waals surface area contributed by atoms with Gasteiger partial charge in [-0.05, 0) is 42.8 Å². The van der Waals surface area contributed by atoms with Crippen LogP contribution in [0.3, 0.4) is 0 Å². The number of carbonyl (C=O) groups excluding carboxylic acids is 1. The Bertz CT molecular complexity index is 815. The zero-order valence-corrected chi connectivity index (χ0v) is 13.1. The number of nitrogens with one attached hydrogen (secondary N) is 1. The van der Waals surface area contributed by atoms with Crippen LogP contribution in [-0.4, -0.2) is 33.5 Å². The summed E-state index contributed by atoms with van der Waals surface area (Å²) >= 11 is 0. The summed E-state index contributed by atoms with van der Waals surface area (Å²) in [6, 6.07) is 11.7. The monoisotopic (exact) mass is 322 g/mol. The molecule has 2 aromatic heterocycles. The van der Waals surface area contributed by atoms with Gasteiger partial charge in [0.1, 0.15) is 0 Å². The molecule has 4 rings (SSSR count). The van der Waals surface area contributed by atoms with E-state index in [1.165, 1.54) is 0 Å². The Morgan fingerprint density at radius 2 is 2.00 bits per heavy atom. The Morgan fingerprint density at radius 1 is 1.21 bits per heavy atom. The molecule has 24 heavy (non-hydrogen) atoms. The molecule has 1 saturated heterocycles. The van der Waals surface area contributed by atoms with E-state index in [4.69, 9.17) is 4.74 Å². The lowest BCUT2D eigenvalue weighted by molar-refractivity contribution is 0.102. The van der Waals surface area contributed by atoms with E-state index in [1.807, 2.05) is 64.2 Å². The molecule has 0 aliphatic carbocycles. The molecule has 0 bridgehead atoms. The SMILES string of the molecule is O=C(Nc1cnn(C2CCOC2)c1)c1ccc(-n2cccc2)cc1. The maximum absolute atomic E-state index is 12.4. The first kappa shape index (κ1) is 14.7. The fourth-order valence-electron chi connectivity index (χ4n) is 2.83. The molecule has 6 heteroatoms. The van der Waals surface area contributed by atoms with Crippen molar-refractivity contribution >= 4 is 11.6 Å². The molecule has 3 heterocycles. The first-order valence-electron chi connectivity index (χ1n) is 7.96. The van der Waals surface area contributed by atoms with Gasteiger partial charge in [0.15, 0.2) is 0 Å². The van der Waals surface area contributed by atoms with E-state index in [0.29, 0.717) is 17.9 Å². The molecule has 1 aromatic carbocycles. The minimum absolute atomic E-state index is 0.142. The van der Waals surface area contributed by atoms with Crippen LogP contribution in [0.2, 0.25) is 0 Å². The van der Waals surface area contributed by atoms with Gasteiger partial charge in [0.2, 0.25) is 0 Å². The molecule has 0 saturated carbocycles. The minimum atomic E-state index is -0.142. The lowest BCUT2D eigenvalue weighted by Crippen LogP contribution is -2.12. The van der Waals surface area contributed by atoms with Gasteiger partial charge in [-0.15, -0.1) is 0 Å². The molecule has 6 nitrogen and oxygen atoms in total. The van der Waals surface area contributed by atoms with E-state index < -0.39 is 0 Å². The van der Waals surface area contributed by atoms with Gasteiger partial charge in [0, 0.05) is 36.4 Å². The van der Waals surface area contributed by atoms with Crippen LogP contribution < -0.4 is 5.32 Å². The van der Waals surface area contributed by atoms with Crippen molar-refractivity contribution in [2.45, 2.75) is 12.5 Å². The first-order valence-corrected chi connectivity index (χ1v) is 7.96. The highest BCUT2D eigenvalue weighted by Crippen LogP contribution is 2.20. The second kappa shape index (κ2) is 6.33. The van der Waals surface area contributed by atoms with Crippen molar-refractivity contribution < 1.29 is 9.53 Å². The number of ether oxygens (including phenoxy) is 1. The van der Waals surface area contributed by atoms with Crippen LogP contribution in [0.5, 0.6) is 0 Å². The molecule has 1 aliphatic rings. The Hall–Kier alpha value is -2.86. The summed E-state index contributed by atoms with van der Waals surface area (Å²) in [6.45, 7) is 1.44. The van der Waals surface area contributed by atoms with Crippen molar-refractivity contribution in [1.82, 2.24) is 14.3 Å². The predicted octanol–water partition coefficient (Wildman–Crippen LogP) is 2.89. The van der Waals surface area contributed by atoms with Gasteiger partial charge < -0.3 is 14.6 Å². The average Bonchev–Trinajstić information content (AvgIpc) is 3.36. The number of aromatic nitrogens is 3. The van der Waals surface area contributed by atoms with Gasteiger partial charge >= 0.3 is 0 Å². The van der Waals surface area contributed by atoms with Crippen LogP contribution in [0.4, 0.5) is 5.69 Å². The van der Waals surface area contributed by atoms with Gasteiger partial charge in [0.05, 0.1) is 24.5 Å². The third-order valence-electron chi connectivity index (χ3n) is 4.17. The van der Waals surface area contributed by atoms with E-state index in [-0.39, 0.29) is 11.9 Å². The Balaban J connectivity index is 1.44. The van der Waals surface area contributed by atoms with E-state index >= 15 is 0 Å². The molecule has 1 amide bonds. The number of carbonyl (C=O) groups is 1. The van der Waals surface area contributed by atoms with Crippen molar-refractivity contribution in [3.05, 3.63) is 66.7 Å². The molecule has 1 unspecified atom stereocenters. The average molecular weight is 322 g/mol. The zero-order chi connectivity index (χ0) is 16.4. The molecular formula is C18H18N4O2. The summed E-state index contributed by atoms with van der Waals surface area (Å²) in [5.74, 6) is -0.142. The van der Waals surface area contributed by atoms with Crippen molar-refractivity contribution in [2.24, 2.45) is 0 Å². The van der Waals surface area contributed by atoms with Crippen LogP contribution >= 0.6 is 0 Å². The topological polar surface area (TPSA) is 61.1 Å². The first-order chi connectivity index (χ1) is 11.8. The molecule has 0 radical (unpaired) electrons. The number of amides is 1. The maximum Gasteiger partial charge on any atom is 0.255 e. The zero-order valence-electron chi connectivity index (χ0n) is 13.1. The number of rotatable bonds is 4. The van der Waals surface area contributed by atoms with E-state index in [1.54, 1.807) is 6.20 Å². The van der Waals surface area contributed by atoms with Gasteiger partial charge in [-0.2, -0.15) is 5.10 Å². The van der Waals surface area contributed by atoms with Crippen molar-refractivity contribution in [3.8, 4) is 5.69 Å². The third kappa shape index (κ3) is 2.96. The summed E-state index contributed by atoms with van der Waals surface area (Å²) in [7, 11) is 0.